The van der Waals surface area contributed by atoms with Gasteiger partial charge in [0.1, 0.15) is 5.82 Å². The average Bonchev–Trinajstić information content (AvgIpc) is 3.32. The summed E-state index contributed by atoms with van der Waals surface area (Å²) in [6, 6.07) is 23.7. The number of rotatable bonds is 8. The molecule has 0 atom stereocenters. The van der Waals surface area contributed by atoms with Gasteiger partial charge in [-0.15, -0.1) is 0 Å². The molecular formula is C32H30FN5O2S. The highest BCUT2D eigenvalue weighted by atomic mass is 32.2. The molecule has 208 valence electrons. The Hall–Kier alpha value is -4.08. The second-order valence-corrected chi connectivity index (χ2v) is 11.4. The van der Waals surface area contributed by atoms with Gasteiger partial charge in [0.25, 0.3) is 11.1 Å². The molecule has 2 N–H and O–H groups in total. The number of nitrogens with one attached hydrogen (secondary N) is 2. The highest BCUT2D eigenvalue weighted by Gasteiger charge is 2.29. The summed E-state index contributed by atoms with van der Waals surface area (Å²) in [6.07, 6.45) is 7.27. The lowest BCUT2D eigenvalue weighted by Crippen LogP contribution is -2.43. The van der Waals surface area contributed by atoms with E-state index in [1.165, 1.54) is 5.56 Å². The first-order valence-corrected chi connectivity index (χ1v) is 14.6. The number of hydrogen-bond acceptors (Lipinski definition) is 7. The van der Waals surface area contributed by atoms with Gasteiger partial charge in [0, 0.05) is 36.8 Å². The Kier molecular flexibility index (Phi) is 8.07. The van der Waals surface area contributed by atoms with Crippen LogP contribution in [0, 0.1) is 5.82 Å². The van der Waals surface area contributed by atoms with Crippen LogP contribution in [0.5, 0.6) is 0 Å². The van der Waals surface area contributed by atoms with Gasteiger partial charge in [0.2, 0.25) is 5.95 Å². The Bertz CT molecular complexity index is 1600. The van der Waals surface area contributed by atoms with E-state index in [0.29, 0.717) is 41.1 Å². The molecule has 1 saturated heterocycles. The number of hydrogen-bond donors (Lipinski definition) is 2. The van der Waals surface area contributed by atoms with Gasteiger partial charge < -0.3 is 10.2 Å². The number of fused-ring (bicyclic) bond motifs is 1. The zero-order valence-electron chi connectivity index (χ0n) is 22.4. The first-order chi connectivity index (χ1) is 20.0. The normalized spacial score (nSPS) is 20.0. The molecule has 0 unspecified atom stereocenters. The fourth-order valence-electron chi connectivity index (χ4n) is 5.60. The monoisotopic (exact) mass is 567 g/mol. The van der Waals surface area contributed by atoms with Crippen molar-refractivity contribution in [2.75, 3.05) is 4.90 Å². The van der Waals surface area contributed by atoms with Crippen molar-refractivity contribution in [3.63, 3.8) is 0 Å². The van der Waals surface area contributed by atoms with Crippen molar-refractivity contribution >= 4 is 45.7 Å². The zero-order valence-corrected chi connectivity index (χ0v) is 23.2. The predicted octanol–water partition coefficient (Wildman–Crippen LogP) is 6.20. The van der Waals surface area contributed by atoms with Crippen LogP contribution in [-0.4, -0.2) is 33.2 Å². The van der Waals surface area contributed by atoms with Gasteiger partial charge in [0.15, 0.2) is 0 Å². The number of nitrogens with zero attached hydrogens (tertiary/aromatic N) is 3. The van der Waals surface area contributed by atoms with Gasteiger partial charge in [-0.05, 0) is 72.2 Å². The molecule has 1 saturated carbocycles. The molecule has 1 aliphatic heterocycles. The van der Waals surface area contributed by atoms with Gasteiger partial charge >= 0.3 is 0 Å². The quantitative estimate of drug-likeness (QED) is 0.245. The molecule has 2 fully saturated rings. The van der Waals surface area contributed by atoms with Crippen molar-refractivity contribution in [1.82, 2.24) is 20.6 Å². The van der Waals surface area contributed by atoms with E-state index in [4.69, 9.17) is 4.98 Å². The second kappa shape index (κ2) is 12.2. The number of carbonyl (C=O) groups excluding carboxylic acids is 2. The van der Waals surface area contributed by atoms with Gasteiger partial charge in [-0.3, -0.25) is 14.9 Å². The van der Waals surface area contributed by atoms with Crippen LogP contribution in [0.3, 0.4) is 0 Å². The minimum atomic E-state index is -0.402. The molecule has 1 aliphatic carbocycles. The lowest BCUT2D eigenvalue weighted by Gasteiger charge is -2.37. The number of benzene rings is 3. The van der Waals surface area contributed by atoms with Crippen LogP contribution in [0.4, 0.5) is 15.1 Å². The van der Waals surface area contributed by atoms with Crippen molar-refractivity contribution < 1.29 is 14.0 Å². The Labute approximate surface area is 242 Å². The number of imide groups is 1. The molecule has 4 aromatic rings. The molecule has 41 heavy (non-hydrogen) atoms. The molecule has 3 aromatic carbocycles. The number of amides is 2. The van der Waals surface area contributed by atoms with E-state index in [9.17, 15) is 14.0 Å². The maximum absolute atomic E-state index is 14.3. The molecule has 6 rings (SSSR count). The van der Waals surface area contributed by atoms with E-state index in [0.717, 1.165) is 48.4 Å². The van der Waals surface area contributed by atoms with Crippen LogP contribution < -0.4 is 15.5 Å². The third-order valence-corrected chi connectivity index (χ3v) is 8.53. The number of carbonyl (C=O) groups is 2. The molecule has 7 nitrogen and oxygen atoms in total. The number of thioether (sulfide) groups is 1. The maximum atomic E-state index is 14.3. The van der Waals surface area contributed by atoms with E-state index in [2.05, 4.69) is 32.7 Å². The summed E-state index contributed by atoms with van der Waals surface area (Å²) in [5.41, 5.74) is 2.85. The molecular weight excluding hydrogens is 537 g/mol. The average molecular weight is 568 g/mol. The number of halogens is 1. The van der Waals surface area contributed by atoms with E-state index in [1.807, 2.05) is 48.5 Å². The summed E-state index contributed by atoms with van der Waals surface area (Å²) in [5, 5.41) is 7.23. The smallest absolute Gasteiger partial charge is 0.290 e. The Morgan fingerprint density at radius 1 is 0.951 bits per heavy atom. The fraction of sp³-hybridized carbons (Fsp3) is 0.250. The Morgan fingerprint density at radius 2 is 1.71 bits per heavy atom. The van der Waals surface area contributed by atoms with Crippen molar-refractivity contribution in [3.8, 4) is 0 Å². The third-order valence-electron chi connectivity index (χ3n) is 7.72. The summed E-state index contributed by atoms with van der Waals surface area (Å²) < 4.78 is 14.3. The van der Waals surface area contributed by atoms with Crippen LogP contribution in [-0.2, 0) is 17.9 Å². The summed E-state index contributed by atoms with van der Waals surface area (Å²) in [5.74, 6) is 0.0116. The van der Waals surface area contributed by atoms with Crippen molar-refractivity contribution in [1.29, 1.82) is 0 Å². The minimum absolute atomic E-state index is 0.190. The molecule has 2 heterocycles. The van der Waals surface area contributed by atoms with E-state index < -0.39 is 5.91 Å². The molecule has 0 bridgehead atoms. The highest BCUT2D eigenvalue weighted by Crippen LogP contribution is 2.30. The van der Waals surface area contributed by atoms with E-state index in [1.54, 1.807) is 24.4 Å². The van der Waals surface area contributed by atoms with Crippen LogP contribution in [0.2, 0.25) is 0 Å². The molecule has 0 radical (unpaired) electrons. The van der Waals surface area contributed by atoms with E-state index >= 15 is 0 Å². The molecule has 2 aliphatic rings. The van der Waals surface area contributed by atoms with Crippen molar-refractivity contribution in [3.05, 3.63) is 107 Å². The molecule has 1 aromatic heterocycles. The summed E-state index contributed by atoms with van der Waals surface area (Å²) in [7, 11) is 0. The molecule has 9 heteroatoms. The van der Waals surface area contributed by atoms with Gasteiger partial charge in [0.05, 0.1) is 10.6 Å². The fourth-order valence-corrected chi connectivity index (χ4v) is 6.27. The van der Waals surface area contributed by atoms with Gasteiger partial charge in [-0.1, -0.05) is 60.7 Å². The second-order valence-electron chi connectivity index (χ2n) is 10.4. The first-order valence-electron chi connectivity index (χ1n) is 13.8. The Balaban J connectivity index is 1.16. The minimum Gasteiger partial charge on any atom is -0.333 e. The summed E-state index contributed by atoms with van der Waals surface area (Å²) in [6.45, 7) is 1.36. The summed E-state index contributed by atoms with van der Waals surface area (Å²) >= 11 is 0.880. The lowest BCUT2D eigenvalue weighted by molar-refractivity contribution is -0.115. The van der Waals surface area contributed by atoms with Crippen LogP contribution in [0.1, 0.15) is 42.5 Å². The van der Waals surface area contributed by atoms with Crippen LogP contribution in [0.15, 0.2) is 83.9 Å². The van der Waals surface area contributed by atoms with Gasteiger partial charge in [-0.25, -0.2) is 14.4 Å². The number of anilines is 1. The number of aromatic nitrogens is 2. The largest absolute Gasteiger partial charge is 0.333 e. The maximum Gasteiger partial charge on any atom is 0.290 e. The predicted molar refractivity (Wildman–Crippen MR) is 161 cm³/mol. The molecule has 2 amide bonds. The summed E-state index contributed by atoms with van der Waals surface area (Å²) in [4.78, 5) is 35.6. The SMILES string of the molecule is O=C1NC(=O)/C(=C/c2ccnc(N(Cc3ccccc3)[C@H]3CC[C@H](NCc4ccc(F)c5ccccc45)CC3)n2)S1. The lowest BCUT2D eigenvalue weighted by atomic mass is 9.89. The van der Waals surface area contributed by atoms with Crippen molar-refractivity contribution in [2.24, 2.45) is 0 Å². The van der Waals surface area contributed by atoms with Crippen molar-refractivity contribution in [2.45, 2.75) is 50.9 Å². The Morgan fingerprint density at radius 3 is 2.46 bits per heavy atom. The zero-order chi connectivity index (χ0) is 28.2. The molecule has 0 spiro atoms. The highest BCUT2D eigenvalue weighted by molar-refractivity contribution is 8.18. The van der Waals surface area contributed by atoms with Crippen LogP contribution in [0.25, 0.3) is 16.8 Å². The third kappa shape index (κ3) is 6.31. The van der Waals surface area contributed by atoms with Gasteiger partial charge in [-0.2, -0.15) is 0 Å². The van der Waals surface area contributed by atoms with Crippen LogP contribution >= 0.6 is 11.8 Å². The topological polar surface area (TPSA) is 87.2 Å². The van der Waals surface area contributed by atoms with E-state index in [-0.39, 0.29) is 17.1 Å². The first kappa shape index (κ1) is 27.1. The standard InChI is InChI=1S/C32H30FN5O2S/c33-28-15-10-22(26-8-4-5-9-27(26)28)19-35-23-11-13-25(14-12-23)38(20-21-6-2-1-3-7-21)31-34-17-16-24(36-31)18-29-30(39)37-32(40)41-29/h1-10,15-18,23,25,35H,11-14,19-20H2,(H,37,39,40)/b29-18-/t23-,25-.